The fourth-order valence-corrected chi connectivity index (χ4v) is 2.76. The summed E-state index contributed by atoms with van der Waals surface area (Å²) in [6.07, 6.45) is 9.04. The second-order valence-corrected chi connectivity index (χ2v) is 5.47. The van der Waals surface area contributed by atoms with Gasteiger partial charge in [0.15, 0.2) is 0 Å². The van der Waals surface area contributed by atoms with Crippen molar-refractivity contribution in [3.8, 4) is 0 Å². The Labute approximate surface area is 134 Å². The molecule has 1 N–H and O–H groups in total. The van der Waals surface area contributed by atoms with Crippen molar-refractivity contribution in [2.45, 2.75) is 12.8 Å². The Morgan fingerprint density at radius 2 is 2.22 bits per heavy atom. The van der Waals surface area contributed by atoms with Crippen molar-refractivity contribution < 1.29 is 14.7 Å². The number of amides is 1. The van der Waals surface area contributed by atoms with Crippen molar-refractivity contribution in [3.05, 3.63) is 48.3 Å². The van der Waals surface area contributed by atoms with Gasteiger partial charge in [0.2, 0.25) is 0 Å². The third kappa shape index (κ3) is 4.38. The molecule has 0 spiro atoms. The van der Waals surface area contributed by atoms with E-state index in [1.54, 1.807) is 23.3 Å². The number of hydrogen-bond acceptors (Lipinski definition) is 4. The first-order valence-corrected chi connectivity index (χ1v) is 7.38. The first-order valence-electron chi connectivity index (χ1n) is 7.38. The first kappa shape index (κ1) is 16.7. The molecule has 1 unspecified atom stereocenters. The molecule has 0 bridgehead atoms. The highest BCUT2D eigenvalue weighted by Gasteiger charge is 2.28. The number of aryl methyl sites for hydroxylation is 1. The highest BCUT2D eigenvalue weighted by Crippen LogP contribution is 2.22. The van der Waals surface area contributed by atoms with Gasteiger partial charge < -0.3 is 14.6 Å². The minimum absolute atomic E-state index is 0.0821. The zero-order chi connectivity index (χ0) is 16.7. The van der Waals surface area contributed by atoms with E-state index in [9.17, 15) is 4.79 Å². The molecule has 0 saturated carbocycles. The predicted molar refractivity (Wildman–Crippen MR) is 83.9 cm³/mol. The van der Waals surface area contributed by atoms with Crippen molar-refractivity contribution in [1.29, 1.82) is 0 Å². The van der Waals surface area contributed by atoms with Crippen LogP contribution in [0.2, 0.25) is 0 Å². The standard InChI is InChI=1S/C15H18N4O.CH2O2/c1-18-11-17-9-14(18)15(20)19-6-4-13(10-19)7-12-3-2-5-16-8-12;2-1-3/h2-3,5,8-9,11,13H,4,6-7,10H2,1H3;1H,(H,2,3). The molecule has 23 heavy (non-hydrogen) atoms. The lowest BCUT2D eigenvalue weighted by Gasteiger charge is -2.16. The molecular formula is C16H20N4O3. The fourth-order valence-electron chi connectivity index (χ4n) is 2.76. The van der Waals surface area contributed by atoms with Crippen LogP contribution in [-0.4, -0.2) is 50.0 Å². The van der Waals surface area contributed by atoms with Crippen LogP contribution in [0.3, 0.4) is 0 Å². The highest BCUT2D eigenvalue weighted by atomic mass is 16.3. The van der Waals surface area contributed by atoms with Gasteiger partial charge in [-0.05, 0) is 30.4 Å². The molecule has 0 aromatic carbocycles. The Bertz CT molecular complexity index is 642. The van der Waals surface area contributed by atoms with Crippen LogP contribution in [-0.2, 0) is 18.3 Å². The van der Waals surface area contributed by atoms with Crippen LogP contribution in [0, 0.1) is 5.92 Å². The monoisotopic (exact) mass is 316 g/mol. The second-order valence-electron chi connectivity index (χ2n) is 5.47. The second kappa shape index (κ2) is 8.07. The molecule has 1 amide bonds. The number of pyridine rings is 1. The molecule has 1 fully saturated rings. The quantitative estimate of drug-likeness (QED) is 0.860. The van der Waals surface area contributed by atoms with E-state index in [2.05, 4.69) is 16.0 Å². The van der Waals surface area contributed by atoms with Crippen LogP contribution in [0.25, 0.3) is 0 Å². The fraction of sp³-hybridized carbons (Fsp3) is 0.375. The summed E-state index contributed by atoms with van der Waals surface area (Å²) in [4.78, 5) is 30.8. The van der Waals surface area contributed by atoms with E-state index in [1.165, 1.54) is 5.56 Å². The average molecular weight is 316 g/mol. The third-order valence-corrected chi connectivity index (χ3v) is 3.86. The molecular weight excluding hydrogens is 296 g/mol. The average Bonchev–Trinajstić information content (AvgIpc) is 3.18. The molecule has 1 atom stereocenters. The lowest BCUT2D eigenvalue weighted by Crippen LogP contribution is -2.30. The largest absolute Gasteiger partial charge is 0.483 e. The highest BCUT2D eigenvalue weighted by molar-refractivity contribution is 5.92. The summed E-state index contributed by atoms with van der Waals surface area (Å²) >= 11 is 0. The maximum Gasteiger partial charge on any atom is 0.290 e. The summed E-state index contributed by atoms with van der Waals surface area (Å²) in [5.41, 5.74) is 1.90. The van der Waals surface area contributed by atoms with Crippen molar-refractivity contribution >= 4 is 12.4 Å². The summed E-state index contributed by atoms with van der Waals surface area (Å²) in [6.45, 7) is 1.40. The van der Waals surface area contributed by atoms with Crippen molar-refractivity contribution in [3.63, 3.8) is 0 Å². The zero-order valence-corrected chi connectivity index (χ0v) is 13.0. The van der Waals surface area contributed by atoms with Crippen LogP contribution in [0.1, 0.15) is 22.5 Å². The Morgan fingerprint density at radius 1 is 1.43 bits per heavy atom. The molecule has 3 rings (SSSR count). The molecule has 7 heteroatoms. The molecule has 1 aliphatic heterocycles. The summed E-state index contributed by atoms with van der Waals surface area (Å²) < 4.78 is 1.77. The summed E-state index contributed by atoms with van der Waals surface area (Å²) in [6, 6.07) is 4.06. The van der Waals surface area contributed by atoms with Crippen LogP contribution < -0.4 is 0 Å². The van der Waals surface area contributed by atoms with E-state index in [0.29, 0.717) is 11.6 Å². The van der Waals surface area contributed by atoms with Gasteiger partial charge in [0, 0.05) is 32.5 Å². The van der Waals surface area contributed by atoms with E-state index in [-0.39, 0.29) is 12.4 Å². The number of carbonyl (C=O) groups excluding carboxylic acids is 1. The van der Waals surface area contributed by atoms with E-state index in [4.69, 9.17) is 9.90 Å². The summed E-state index contributed by atoms with van der Waals surface area (Å²) in [7, 11) is 1.85. The van der Waals surface area contributed by atoms with Crippen molar-refractivity contribution in [2.24, 2.45) is 13.0 Å². The van der Waals surface area contributed by atoms with Gasteiger partial charge in [-0.15, -0.1) is 0 Å². The summed E-state index contributed by atoms with van der Waals surface area (Å²) in [5.74, 6) is 0.607. The molecule has 2 aromatic heterocycles. The van der Waals surface area contributed by atoms with Crippen molar-refractivity contribution in [1.82, 2.24) is 19.4 Å². The Morgan fingerprint density at radius 3 is 2.83 bits per heavy atom. The molecule has 3 heterocycles. The van der Waals surface area contributed by atoms with Gasteiger partial charge in [0.05, 0.1) is 12.5 Å². The molecule has 1 aliphatic rings. The van der Waals surface area contributed by atoms with Gasteiger partial charge >= 0.3 is 0 Å². The number of carbonyl (C=O) groups is 2. The molecule has 2 aromatic rings. The third-order valence-electron chi connectivity index (χ3n) is 3.86. The van der Waals surface area contributed by atoms with Gasteiger partial charge in [-0.2, -0.15) is 0 Å². The van der Waals surface area contributed by atoms with E-state index in [1.807, 2.05) is 24.2 Å². The number of nitrogens with zero attached hydrogens (tertiary/aromatic N) is 4. The van der Waals surface area contributed by atoms with E-state index < -0.39 is 0 Å². The van der Waals surface area contributed by atoms with Crippen LogP contribution in [0.15, 0.2) is 37.1 Å². The Kier molecular flexibility index (Phi) is 5.85. The van der Waals surface area contributed by atoms with Crippen LogP contribution in [0.5, 0.6) is 0 Å². The number of imidazole rings is 1. The van der Waals surface area contributed by atoms with Gasteiger partial charge in [-0.3, -0.25) is 14.6 Å². The molecule has 122 valence electrons. The number of rotatable bonds is 3. The van der Waals surface area contributed by atoms with Gasteiger partial charge in [0.25, 0.3) is 12.4 Å². The first-order chi connectivity index (χ1) is 11.2. The lowest BCUT2D eigenvalue weighted by molar-refractivity contribution is -0.122. The number of likely N-dealkylation sites (tertiary alicyclic amines) is 1. The van der Waals surface area contributed by atoms with Gasteiger partial charge in [-0.25, -0.2) is 4.98 Å². The lowest BCUT2D eigenvalue weighted by atomic mass is 10.0. The normalized spacial score (nSPS) is 16.6. The minimum Gasteiger partial charge on any atom is -0.483 e. The van der Waals surface area contributed by atoms with Crippen LogP contribution in [0.4, 0.5) is 0 Å². The maximum absolute atomic E-state index is 12.4. The van der Waals surface area contributed by atoms with Crippen LogP contribution >= 0.6 is 0 Å². The Hall–Kier alpha value is -2.70. The topological polar surface area (TPSA) is 88.3 Å². The predicted octanol–water partition coefficient (Wildman–Crippen LogP) is 1.22. The Balaban J connectivity index is 0.000000595. The number of carboxylic acid groups (broad SMARTS) is 1. The minimum atomic E-state index is -0.250. The SMILES string of the molecule is Cn1cncc1C(=O)N1CCC(Cc2cccnc2)C1.O=CO. The summed E-state index contributed by atoms with van der Waals surface area (Å²) in [5, 5.41) is 6.89. The number of hydrogen-bond donors (Lipinski definition) is 1. The maximum atomic E-state index is 12.4. The molecule has 7 nitrogen and oxygen atoms in total. The smallest absolute Gasteiger partial charge is 0.290 e. The van der Waals surface area contributed by atoms with E-state index in [0.717, 1.165) is 25.9 Å². The molecule has 0 aliphatic carbocycles. The molecule has 1 saturated heterocycles. The van der Waals surface area contributed by atoms with Gasteiger partial charge in [0.1, 0.15) is 5.69 Å². The van der Waals surface area contributed by atoms with Gasteiger partial charge in [-0.1, -0.05) is 6.07 Å². The number of aromatic nitrogens is 3. The molecule has 0 radical (unpaired) electrons. The van der Waals surface area contributed by atoms with Crippen molar-refractivity contribution in [2.75, 3.05) is 13.1 Å². The van der Waals surface area contributed by atoms with E-state index >= 15 is 0 Å². The zero-order valence-electron chi connectivity index (χ0n) is 13.0.